The molecule has 0 spiro atoms. The maximum Gasteiger partial charge on any atom is 0.290 e. The first kappa shape index (κ1) is 24.8. The summed E-state index contributed by atoms with van der Waals surface area (Å²) in [6.45, 7) is 2.80. The summed E-state index contributed by atoms with van der Waals surface area (Å²) >= 11 is 0.917. The molecule has 3 amide bonds. The van der Waals surface area contributed by atoms with Crippen LogP contribution in [0.2, 0.25) is 0 Å². The molecule has 3 rings (SSSR count). The number of imide groups is 1. The van der Waals surface area contributed by atoms with Gasteiger partial charge in [-0.25, -0.2) is 0 Å². The van der Waals surface area contributed by atoms with Gasteiger partial charge in [0.25, 0.3) is 11.1 Å². The van der Waals surface area contributed by atoms with Gasteiger partial charge in [0, 0.05) is 20.0 Å². The fourth-order valence-corrected chi connectivity index (χ4v) is 4.49. The van der Waals surface area contributed by atoms with Gasteiger partial charge in [0.05, 0.1) is 4.91 Å². The van der Waals surface area contributed by atoms with Crippen molar-refractivity contribution < 1.29 is 14.4 Å². The normalized spacial score (nSPS) is 14.5. The molecule has 1 N–H and O–H groups in total. The first-order chi connectivity index (χ1) is 16.0. The number of nitrogens with zero attached hydrogens (tertiary/aromatic N) is 1. The largest absolute Gasteiger partial charge is 0.341 e. The molecule has 33 heavy (non-hydrogen) atoms. The molecule has 2 aromatic rings. The van der Waals surface area contributed by atoms with Crippen molar-refractivity contribution in [1.29, 1.82) is 0 Å². The predicted octanol–water partition coefficient (Wildman–Crippen LogP) is 6.39. The van der Waals surface area contributed by atoms with E-state index in [1.807, 2.05) is 54.4 Å². The fourth-order valence-electron chi connectivity index (χ4n) is 3.80. The van der Waals surface area contributed by atoms with Crippen LogP contribution >= 0.6 is 11.8 Å². The molecule has 0 bridgehead atoms. The lowest BCUT2D eigenvalue weighted by Gasteiger charge is -2.18. The Morgan fingerprint density at radius 1 is 0.970 bits per heavy atom. The summed E-state index contributed by atoms with van der Waals surface area (Å²) in [5, 5.41) is 1.93. The zero-order chi connectivity index (χ0) is 23.6. The first-order valence-electron chi connectivity index (χ1n) is 11.6. The molecule has 174 valence electrons. The minimum Gasteiger partial charge on any atom is -0.341 e. The van der Waals surface area contributed by atoms with Crippen LogP contribution in [0.5, 0.6) is 0 Å². The minimum absolute atomic E-state index is 0.195. The summed E-state index contributed by atoms with van der Waals surface area (Å²) in [5.74, 6) is -0.155. The Morgan fingerprint density at radius 2 is 1.70 bits per heavy atom. The van der Waals surface area contributed by atoms with E-state index in [4.69, 9.17) is 0 Å². The number of amides is 3. The van der Waals surface area contributed by atoms with Gasteiger partial charge in [-0.3, -0.25) is 19.7 Å². The number of hydrogen-bond donors (Lipinski definition) is 1. The summed E-state index contributed by atoms with van der Waals surface area (Å²) in [7, 11) is 1.87. The van der Waals surface area contributed by atoms with Gasteiger partial charge in [-0.05, 0) is 52.6 Å². The van der Waals surface area contributed by atoms with E-state index in [-0.39, 0.29) is 17.1 Å². The minimum atomic E-state index is -0.350. The van der Waals surface area contributed by atoms with Crippen LogP contribution < -0.4 is 5.32 Å². The average Bonchev–Trinajstić information content (AvgIpc) is 3.13. The molecule has 0 aromatic heterocycles. The van der Waals surface area contributed by atoms with Gasteiger partial charge in [0.2, 0.25) is 5.91 Å². The number of rotatable bonds is 11. The van der Waals surface area contributed by atoms with Crippen molar-refractivity contribution in [3.05, 3.63) is 64.6 Å². The standard InChI is InChI=1S/C27H32N2O3S/c1-3-4-5-6-7-8-12-25(30)29(2)19-21-10-9-11-23(17-21)22-15-13-20(14-16-22)18-24-26(31)28-27(32)33-24/h9-11,13-18H,3-8,12,19H2,1-2H3,(H,28,31,32)/b24-18+. The highest BCUT2D eigenvalue weighted by Gasteiger charge is 2.24. The zero-order valence-corrected chi connectivity index (χ0v) is 20.2. The number of benzene rings is 2. The van der Waals surface area contributed by atoms with Crippen LogP contribution in [0.3, 0.4) is 0 Å². The molecule has 0 atom stereocenters. The SMILES string of the molecule is CCCCCCCCC(=O)N(C)Cc1cccc(-c2ccc(/C=C3/SC(=O)NC3=O)cc2)c1. The van der Waals surface area contributed by atoms with Crippen LogP contribution in [-0.2, 0) is 16.1 Å². The molecule has 2 aromatic carbocycles. The Hall–Kier alpha value is -2.86. The molecule has 1 heterocycles. The molecule has 6 heteroatoms. The van der Waals surface area contributed by atoms with Crippen LogP contribution in [0.25, 0.3) is 17.2 Å². The summed E-state index contributed by atoms with van der Waals surface area (Å²) in [6.07, 6.45) is 9.42. The van der Waals surface area contributed by atoms with Gasteiger partial charge in [-0.2, -0.15) is 0 Å². The van der Waals surface area contributed by atoms with E-state index in [2.05, 4.69) is 18.3 Å². The van der Waals surface area contributed by atoms with Crippen LogP contribution in [0.1, 0.15) is 63.0 Å². The molecular formula is C27H32N2O3S. The Bertz CT molecular complexity index is 1010. The molecule has 5 nitrogen and oxygen atoms in total. The van der Waals surface area contributed by atoms with Crippen LogP contribution in [0, 0.1) is 0 Å². The third-order valence-corrected chi connectivity index (χ3v) is 6.51. The van der Waals surface area contributed by atoms with Gasteiger partial charge in [-0.1, -0.05) is 81.5 Å². The van der Waals surface area contributed by atoms with Crippen LogP contribution in [0.15, 0.2) is 53.4 Å². The lowest BCUT2D eigenvalue weighted by molar-refractivity contribution is -0.130. The van der Waals surface area contributed by atoms with Crippen LogP contribution in [-0.4, -0.2) is 29.0 Å². The number of carbonyl (C=O) groups is 3. The molecular weight excluding hydrogens is 432 g/mol. The van der Waals surface area contributed by atoms with Crippen molar-refractivity contribution in [2.75, 3.05) is 7.05 Å². The van der Waals surface area contributed by atoms with Gasteiger partial charge >= 0.3 is 0 Å². The highest BCUT2D eigenvalue weighted by molar-refractivity contribution is 8.18. The molecule has 0 radical (unpaired) electrons. The van der Waals surface area contributed by atoms with E-state index in [0.717, 1.165) is 46.9 Å². The number of carbonyl (C=O) groups excluding carboxylic acids is 3. The first-order valence-corrected chi connectivity index (χ1v) is 12.5. The third-order valence-electron chi connectivity index (χ3n) is 5.70. The molecule has 1 aliphatic rings. The van der Waals surface area contributed by atoms with E-state index in [1.165, 1.54) is 25.7 Å². The average molecular weight is 465 g/mol. The highest BCUT2D eigenvalue weighted by atomic mass is 32.2. The third kappa shape index (κ3) is 7.60. The highest BCUT2D eigenvalue weighted by Crippen LogP contribution is 2.27. The topological polar surface area (TPSA) is 66.5 Å². The summed E-state index contributed by atoms with van der Waals surface area (Å²) in [6, 6.07) is 16.1. The van der Waals surface area contributed by atoms with Crippen molar-refractivity contribution in [3.63, 3.8) is 0 Å². The lowest BCUT2D eigenvalue weighted by Crippen LogP contribution is -2.25. The number of thioether (sulfide) groups is 1. The van der Waals surface area contributed by atoms with Crippen molar-refractivity contribution >= 4 is 34.9 Å². The molecule has 1 saturated heterocycles. The summed E-state index contributed by atoms with van der Waals surface area (Å²) < 4.78 is 0. The molecule has 1 fully saturated rings. The number of nitrogens with one attached hydrogen (secondary N) is 1. The molecule has 0 saturated carbocycles. The Morgan fingerprint density at radius 3 is 2.39 bits per heavy atom. The van der Waals surface area contributed by atoms with E-state index in [0.29, 0.717) is 17.9 Å². The fraction of sp³-hybridized carbons (Fsp3) is 0.370. The van der Waals surface area contributed by atoms with Crippen molar-refractivity contribution in [3.8, 4) is 11.1 Å². The second kappa shape index (κ2) is 12.4. The zero-order valence-electron chi connectivity index (χ0n) is 19.4. The Kier molecular flexibility index (Phi) is 9.31. The van der Waals surface area contributed by atoms with Crippen LogP contribution in [0.4, 0.5) is 4.79 Å². The van der Waals surface area contributed by atoms with Gasteiger partial charge in [-0.15, -0.1) is 0 Å². The monoisotopic (exact) mass is 464 g/mol. The predicted molar refractivity (Wildman–Crippen MR) is 135 cm³/mol. The second-order valence-electron chi connectivity index (χ2n) is 8.44. The number of hydrogen-bond acceptors (Lipinski definition) is 4. The van der Waals surface area contributed by atoms with E-state index in [9.17, 15) is 14.4 Å². The summed E-state index contributed by atoms with van der Waals surface area (Å²) in [4.78, 5) is 37.7. The van der Waals surface area contributed by atoms with Gasteiger partial charge < -0.3 is 4.90 Å². The van der Waals surface area contributed by atoms with E-state index in [1.54, 1.807) is 6.08 Å². The Balaban J connectivity index is 1.56. The molecule has 1 aliphatic heterocycles. The van der Waals surface area contributed by atoms with Gasteiger partial charge in [0.15, 0.2) is 0 Å². The molecule has 0 aliphatic carbocycles. The smallest absolute Gasteiger partial charge is 0.290 e. The van der Waals surface area contributed by atoms with Gasteiger partial charge in [0.1, 0.15) is 0 Å². The summed E-state index contributed by atoms with van der Waals surface area (Å²) in [5.41, 5.74) is 4.09. The maximum atomic E-state index is 12.5. The van der Waals surface area contributed by atoms with Crippen molar-refractivity contribution in [2.45, 2.75) is 58.4 Å². The second-order valence-corrected chi connectivity index (χ2v) is 9.46. The number of unbranched alkanes of at least 4 members (excludes halogenated alkanes) is 5. The lowest BCUT2D eigenvalue weighted by atomic mass is 10.0. The molecule has 0 unspecified atom stereocenters. The Labute approximate surface area is 200 Å². The van der Waals surface area contributed by atoms with Crippen molar-refractivity contribution in [1.82, 2.24) is 10.2 Å². The maximum absolute atomic E-state index is 12.5. The quantitative estimate of drug-likeness (QED) is 0.309. The van der Waals surface area contributed by atoms with Crippen molar-refractivity contribution in [2.24, 2.45) is 0 Å². The van der Waals surface area contributed by atoms with E-state index < -0.39 is 0 Å². The van der Waals surface area contributed by atoms with E-state index >= 15 is 0 Å².